The Morgan fingerprint density at radius 1 is 1.04 bits per heavy atom. The third-order valence-electron chi connectivity index (χ3n) is 3.41. The fourth-order valence-electron chi connectivity index (χ4n) is 2.24. The van der Waals surface area contributed by atoms with Gasteiger partial charge in [0.2, 0.25) is 0 Å². The van der Waals surface area contributed by atoms with Crippen molar-refractivity contribution in [3.05, 3.63) is 65.2 Å². The van der Waals surface area contributed by atoms with Crippen molar-refractivity contribution in [3.63, 3.8) is 0 Å². The summed E-state index contributed by atoms with van der Waals surface area (Å²) in [5.41, 5.74) is 0.786. The Kier molecular flexibility index (Phi) is 5.24. The van der Waals surface area contributed by atoms with Gasteiger partial charge in [-0.25, -0.2) is 0 Å². The number of halogens is 3. The Morgan fingerprint density at radius 3 is 2.00 bits per heavy atom. The van der Waals surface area contributed by atoms with E-state index >= 15 is 0 Å². The summed E-state index contributed by atoms with van der Waals surface area (Å²) in [6.07, 6.45) is -4.37. The van der Waals surface area contributed by atoms with E-state index in [1.165, 1.54) is 12.1 Å². The predicted molar refractivity (Wildman–Crippen MR) is 79.9 cm³/mol. The Hall–Kier alpha value is -2.52. The topological polar surface area (TPSA) is 45.0 Å². The van der Waals surface area contributed by atoms with Crippen LogP contribution in [-0.2, 0) is 6.18 Å². The molecule has 0 aliphatic rings. The highest BCUT2D eigenvalue weighted by atomic mass is 19.4. The predicted octanol–water partition coefficient (Wildman–Crippen LogP) is 3.92. The van der Waals surface area contributed by atoms with Crippen LogP contribution in [0, 0.1) is 11.3 Å². The van der Waals surface area contributed by atoms with Crippen LogP contribution in [0.5, 0.6) is 5.75 Å². The van der Waals surface area contributed by atoms with Gasteiger partial charge < -0.3 is 4.74 Å². The maximum Gasteiger partial charge on any atom is 0.416 e. The summed E-state index contributed by atoms with van der Waals surface area (Å²) < 4.78 is 43.1. The SMILES string of the molecule is COc1ccc(C(NCC#N)c2ccc(C(F)(F)F)cc2)cc1. The third-order valence-corrected chi connectivity index (χ3v) is 3.41. The molecule has 0 aliphatic carbocycles. The van der Waals surface area contributed by atoms with E-state index in [-0.39, 0.29) is 12.6 Å². The lowest BCUT2D eigenvalue weighted by Gasteiger charge is -2.19. The van der Waals surface area contributed by atoms with E-state index < -0.39 is 11.7 Å². The number of alkyl halides is 3. The van der Waals surface area contributed by atoms with E-state index in [4.69, 9.17) is 10.00 Å². The summed E-state index contributed by atoms with van der Waals surface area (Å²) in [4.78, 5) is 0. The molecule has 0 fully saturated rings. The summed E-state index contributed by atoms with van der Waals surface area (Å²) in [7, 11) is 1.55. The molecule has 1 N–H and O–H groups in total. The molecule has 0 aromatic heterocycles. The number of ether oxygens (including phenoxy) is 1. The van der Waals surface area contributed by atoms with Crippen LogP contribution < -0.4 is 10.1 Å². The molecular formula is C17H15F3N2O. The number of hydrogen-bond acceptors (Lipinski definition) is 3. The van der Waals surface area contributed by atoms with Gasteiger partial charge in [0.15, 0.2) is 0 Å². The first-order valence-corrected chi connectivity index (χ1v) is 6.87. The molecule has 0 amide bonds. The zero-order valence-electron chi connectivity index (χ0n) is 12.4. The molecule has 120 valence electrons. The molecule has 0 aliphatic heterocycles. The molecule has 2 rings (SSSR count). The number of rotatable bonds is 5. The molecule has 0 radical (unpaired) electrons. The van der Waals surface area contributed by atoms with Crippen LogP contribution in [0.2, 0.25) is 0 Å². The van der Waals surface area contributed by atoms with Crippen molar-refractivity contribution in [2.75, 3.05) is 13.7 Å². The van der Waals surface area contributed by atoms with E-state index in [0.717, 1.165) is 17.7 Å². The molecule has 2 aromatic carbocycles. The van der Waals surface area contributed by atoms with Crippen molar-refractivity contribution in [1.82, 2.24) is 5.32 Å². The molecule has 0 bridgehead atoms. The second-order valence-electron chi connectivity index (χ2n) is 4.86. The van der Waals surface area contributed by atoms with Gasteiger partial charge in [0.1, 0.15) is 5.75 Å². The number of benzene rings is 2. The maximum atomic E-state index is 12.7. The number of methoxy groups -OCH3 is 1. The number of nitrogens with one attached hydrogen (secondary N) is 1. The van der Waals surface area contributed by atoms with Gasteiger partial charge in [-0.1, -0.05) is 24.3 Å². The highest BCUT2D eigenvalue weighted by Crippen LogP contribution is 2.31. The molecule has 1 atom stereocenters. The van der Waals surface area contributed by atoms with Gasteiger partial charge in [0, 0.05) is 0 Å². The Bertz CT molecular complexity index is 673. The fourth-order valence-corrected chi connectivity index (χ4v) is 2.24. The average Bonchev–Trinajstić information content (AvgIpc) is 2.55. The smallest absolute Gasteiger partial charge is 0.416 e. The lowest BCUT2D eigenvalue weighted by molar-refractivity contribution is -0.137. The van der Waals surface area contributed by atoms with Crippen LogP contribution >= 0.6 is 0 Å². The van der Waals surface area contributed by atoms with Crippen molar-refractivity contribution in [2.24, 2.45) is 0 Å². The van der Waals surface area contributed by atoms with Gasteiger partial charge in [0.25, 0.3) is 0 Å². The van der Waals surface area contributed by atoms with Crippen molar-refractivity contribution >= 4 is 0 Å². The van der Waals surface area contributed by atoms with Gasteiger partial charge in [-0.2, -0.15) is 18.4 Å². The van der Waals surface area contributed by atoms with Crippen molar-refractivity contribution in [2.45, 2.75) is 12.2 Å². The van der Waals surface area contributed by atoms with E-state index in [2.05, 4.69) is 5.32 Å². The van der Waals surface area contributed by atoms with Crippen molar-refractivity contribution < 1.29 is 17.9 Å². The lowest BCUT2D eigenvalue weighted by Crippen LogP contribution is -2.22. The monoisotopic (exact) mass is 320 g/mol. The Morgan fingerprint density at radius 2 is 1.57 bits per heavy atom. The lowest BCUT2D eigenvalue weighted by atomic mass is 9.97. The van der Waals surface area contributed by atoms with Crippen LogP contribution in [0.1, 0.15) is 22.7 Å². The zero-order valence-corrected chi connectivity index (χ0v) is 12.4. The minimum Gasteiger partial charge on any atom is -0.497 e. The molecule has 0 saturated carbocycles. The standard InChI is InChI=1S/C17H15F3N2O/c1-23-15-8-4-13(5-9-15)16(22-11-10-21)12-2-6-14(7-3-12)17(18,19)20/h2-9,16,22H,11H2,1H3. The molecule has 2 aromatic rings. The van der Waals surface area contributed by atoms with Crippen molar-refractivity contribution in [3.8, 4) is 11.8 Å². The van der Waals surface area contributed by atoms with Crippen molar-refractivity contribution in [1.29, 1.82) is 5.26 Å². The fraction of sp³-hybridized carbons (Fsp3) is 0.235. The zero-order chi connectivity index (χ0) is 16.9. The molecule has 0 saturated heterocycles. The first-order valence-electron chi connectivity index (χ1n) is 6.87. The first kappa shape index (κ1) is 16.8. The maximum absolute atomic E-state index is 12.7. The second-order valence-corrected chi connectivity index (χ2v) is 4.86. The van der Waals surface area contributed by atoms with E-state index in [9.17, 15) is 13.2 Å². The van der Waals surface area contributed by atoms with Gasteiger partial charge in [-0.3, -0.25) is 5.32 Å². The minimum absolute atomic E-state index is 0.0811. The summed E-state index contributed by atoms with van der Waals surface area (Å²) >= 11 is 0. The highest BCUT2D eigenvalue weighted by molar-refractivity contribution is 5.37. The summed E-state index contributed by atoms with van der Waals surface area (Å²) in [6, 6.07) is 13.7. The Labute approximate surface area is 132 Å². The number of nitriles is 1. The van der Waals surface area contributed by atoms with E-state index in [1.807, 2.05) is 18.2 Å². The highest BCUT2D eigenvalue weighted by Gasteiger charge is 2.30. The molecule has 6 heteroatoms. The molecule has 0 heterocycles. The van der Waals surface area contributed by atoms with Crippen LogP contribution in [0.25, 0.3) is 0 Å². The van der Waals surface area contributed by atoms with Crippen LogP contribution in [0.3, 0.4) is 0 Å². The van der Waals surface area contributed by atoms with Gasteiger partial charge in [-0.05, 0) is 35.4 Å². The van der Waals surface area contributed by atoms with Crippen LogP contribution in [-0.4, -0.2) is 13.7 Å². The Balaban J connectivity index is 2.32. The van der Waals surface area contributed by atoms with Crippen LogP contribution in [0.15, 0.2) is 48.5 Å². The summed E-state index contributed by atoms with van der Waals surface area (Å²) in [5, 5.41) is 11.8. The van der Waals surface area contributed by atoms with Gasteiger partial charge in [-0.15, -0.1) is 0 Å². The summed E-state index contributed by atoms with van der Waals surface area (Å²) in [5.74, 6) is 0.681. The molecule has 0 spiro atoms. The minimum atomic E-state index is -4.37. The van der Waals surface area contributed by atoms with E-state index in [1.54, 1.807) is 19.2 Å². The number of hydrogen-bond donors (Lipinski definition) is 1. The largest absolute Gasteiger partial charge is 0.497 e. The van der Waals surface area contributed by atoms with Crippen LogP contribution in [0.4, 0.5) is 13.2 Å². The van der Waals surface area contributed by atoms with Gasteiger partial charge >= 0.3 is 6.18 Å². The molecule has 1 unspecified atom stereocenters. The van der Waals surface area contributed by atoms with E-state index in [0.29, 0.717) is 11.3 Å². The molecule has 3 nitrogen and oxygen atoms in total. The summed E-state index contributed by atoms with van der Waals surface area (Å²) in [6.45, 7) is 0.0811. The quantitative estimate of drug-likeness (QED) is 0.849. The first-order chi connectivity index (χ1) is 11.0. The third kappa shape index (κ3) is 4.24. The van der Waals surface area contributed by atoms with Gasteiger partial charge in [0.05, 0.1) is 31.3 Å². The number of nitrogens with zero attached hydrogens (tertiary/aromatic N) is 1. The second kappa shape index (κ2) is 7.16. The molecular weight excluding hydrogens is 305 g/mol. The average molecular weight is 320 g/mol. The molecule has 23 heavy (non-hydrogen) atoms. The normalized spacial score (nSPS) is 12.5.